The van der Waals surface area contributed by atoms with E-state index in [1.165, 1.54) is 5.56 Å². The van der Waals surface area contributed by atoms with Crippen molar-refractivity contribution in [2.75, 3.05) is 13.2 Å². The molecule has 1 aromatic carbocycles. The molecule has 18 heavy (non-hydrogen) atoms. The predicted octanol–water partition coefficient (Wildman–Crippen LogP) is 2.16. The Hall–Kier alpha value is -1.35. The zero-order valence-corrected chi connectivity index (χ0v) is 11.1. The Balaban J connectivity index is 2.07. The molecule has 1 aromatic rings. The molecular weight excluding hydrogens is 226 g/mol. The van der Waals surface area contributed by atoms with Crippen LogP contribution in [0, 0.1) is 5.41 Å². The molecule has 2 unspecified atom stereocenters. The molecule has 1 aliphatic heterocycles. The molecular formula is C15H21NO2. The van der Waals surface area contributed by atoms with Gasteiger partial charge in [0.1, 0.15) is 0 Å². The summed E-state index contributed by atoms with van der Waals surface area (Å²) >= 11 is 0. The van der Waals surface area contributed by atoms with E-state index in [2.05, 4.69) is 24.4 Å². The summed E-state index contributed by atoms with van der Waals surface area (Å²) in [7, 11) is 0. The van der Waals surface area contributed by atoms with E-state index in [4.69, 9.17) is 4.74 Å². The van der Waals surface area contributed by atoms with Crippen molar-refractivity contribution in [3.63, 3.8) is 0 Å². The van der Waals surface area contributed by atoms with Crippen LogP contribution in [0.25, 0.3) is 0 Å². The number of benzene rings is 1. The zero-order chi connectivity index (χ0) is 13.0. The Morgan fingerprint density at radius 1 is 1.39 bits per heavy atom. The fourth-order valence-corrected chi connectivity index (χ4v) is 2.54. The van der Waals surface area contributed by atoms with Gasteiger partial charge in [-0.15, -0.1) is 0 Å². The Bertz CT molecular complexity index is 404. The molecule has 98 valence electrons. The normalized spacial score (nSPS) is 27.2. The lowest BCUT2D eigenvalue weighted by Crippen LogP contribution is -2.40. The van der Waals surface area contributed by atoms with Gasteiger partial charge in [-0.3, -0.25) is 4.79 Å². The second-order valence-corrected chi connectivity index (χ2v) is 5.28. The number of hydrogen-bond donors (Lipinski definition) is 1. The molecule has 3 nitrogen and oxygen atoms in total. The Morgan fingerprint density at radius 3 is 2.78 bits per heavy atom. The van der Waals surface area contributed by atoms with Crippen molar-refractivity contribution in [2.45, 2.75) is 32.7 Å². The highest BCUT2D eigenvalue weighted by Gasteiger charge is 2.43. The molecule has 2 atom stereocenters. The summed E-state index contributed by atoms with van der Waals surface area (Å²) in [4.78, 5) is 11.7. The van der Waals surface area contributed by atoms with Crippen molar-refractivity contribution < 1.29 is 9.53 Å². The van der Waals surface area contributed by atoms with E-state index in [1.54, 1.807) is 0 Å². The summed E-state index contributed by atoms with van der Waals surface area (Å²) in [6, 6.07) is 10.4. The number of amides is 1. The second kappa shape index (κ2) is 5.53. The third kappa shape index (κ3) is 2.91. The van der Waals surface area contributed by atoms with Crippen LogP contribution in [-0.2, 0) is 16.0 Å². The summed E-state index contributed by atoms with van der Waals surface area (Å²) in [5, 5.41) is 3.08. The maximum atomic E-state index is 11.7. The maximum Gasteiger partial charge on any atom is 0.220 e. The lowest BCUT2D eigenvalue weighted by atomic mass is 9.80. The van der Waals surface area contributed by atoms with Crippen molar-refractivity contribution in [1.82, 2.24) is 5.32 Å². The molecule has 1 heterocycles. The van der Waals surface area contributed by atoms with E-state index >= 15 is 0 Å². The Labute approximate surface area is 109 Å². The van der Waals surface area contributed by atoms with Gasteiger partial charge in [0.05, 0.1) is 6.61 Å². The first kappa shape index (κ1) is 13.1. The van der Waals surface area contributed by atoms with Gasteiger partial charge >= 0.3 is 0 Å². The van der Waals surface area contributed by atoms with Gasteiger partial charge < -0.3 is 10.1 Å². The van der Waals surface area contributed by atoms with Crippen LogP contribution in [-0.4, -0.2) is 25.2 Å². The van der Waals surface area contributed by atoms with Crippen LogP contribution in [0.15, 0.2) is 30.3 Å². The highest BCUT2D eigenvalue weighted by atomic mass is 16.5. The minimum atomic E-state index is -0.0943. The summed E-state index contributed by atoms with van der Waals surface area (Å²) in [5.41, 5.74) is 1.16. The first-order chi connectivity index (χ1) is 8.64. The van der Waals surface area contributed by atoms with Crippen LogP contribution in [0.3, 0.4) is 0 Å². The van der Waals surface area contributed by atoms with E-state index < -0.39 is 0 Å². The average Bonchev–Trinajstić information content (AvgIpc) is 2.63. The molecule has 0 aromatic heterocycles. The minimum Gasteiger partial charge on any atom is -0.381 e. The quantitative estimate of drug-likeness (QED) is 0.866. The summed E-state index contributed by atoms with van der Waals surface area (Å²) in [6.45, 7) is 5.45. The van der Waals surface area contributed by atoms with Gasteiger partial charge in [-0.05, 0) is 18.9 Å². The molecule has 0 aliphatic carbocycles. The van der Waals surface area contributed by atoms with Crippen molar-refractivity contribution in [3.8, 4) is 0 Å². The van der Waals surface area contributed by atoms with Crippen LogP contribution in [0.1, 0.15) is 25.8 Å². The molecule has 0 saturated carbocycles. The molecule has 1 fully saturated rings. The molecule has 1 amide bonds. The highest BCUT2D eigenvalue weighted by Crippen LogP contribution is 2.33. The van der Waals surface area contributed by atoms with Crippen LogP contribution < -0.4 is 5.32 Å². The van der Waals surface area contributed by atoms with Crippen LogP contribution in [0.2, 0.25) is 0 Å². The second-order valence-electron chi connectivity index (χ2n) is 5.28. The fraction of sp³-hybridized carbons (Fsp3) is 0.533. The van der Waals surface area contributed by atoms with E-state index in [9.17, 15) is 4.79 Å². The molecule has 1 N–H and O–H groups in total. The molecule has 1 saturated heterocycles. The SMILES string of the molecule is CCOCC1(C)CC(=O)NC1Cc1ccccc1. The van der Waals surface area contributed by atoms with Gasteiger partial charge in [0.15, 0.2) is 0 Å². The largest absolute Gasteiger partial charge is 0.381 e. The maximum absolute atomic E-state index is 11.7. The third-order valence-corrected chi connectivity index (χ3v) is 3.66. The van der Waals surface area contributed by atoms with Crippen molar-refractivity contribution in [3.05, 3.63) is 35.9 Å². The number of nitrogens with one attached hydrogen (secondary N) is 1. The molecule has 3 heteroatoms. The van der Waals surface area contributed by atoms with Gasteiger partial charge in [-0.25, -0.2) is 0 Å². The topological polar surface area (TPSA) is 38.3 Å². The van der Waals surface area contributed by atoms with Gasteiger partial charge in [0.25, 0.3) is 0 Å². The molecule has 2 rings (SSSR count). The summed E-state index contributed by atoms with van der Waals surface area (Å²) in [5.74, 6) is 0.137. The summed E-state index contributed by atoms with van der Waals surface area (Å²) < 4.78 is 5.54. The smallest absolute Gasteiger partial charge is 0.220 e. The predicted molar refractivity (Wildman–Crippen MR) is 71.3 cm³/mol. The first-order valence-corrected chi connectivity index (χ1v) is 6.55. The molecule has 0 radical (unpaired) electrons. The van der Waals surface area contributed by atoms with E-state index in [0.29, 0.717) is 19.6 Å². The number of carbonyl (C=O) groups is 1. The fourth-order valence-electron chi connectivity index (χ4n) is 2.54. The van der Waals surface area contributed by atoms with Crippen LogP contribution >= 0.6 is 0 Å². The lowest BCUT2D eigenvalue weighted by Gasteiger charge is -2.29. The first-order valence-electron chi connectivity index (χ1n) is 6.55. The minimum absolute atomic E-state index is 0.0943. The van der Waals surface area contributed by atoms with Crippen molar-refractivity contribution in [1.29, 1.82) is 0 Å². The molecule has 0 spiro atoms. The lowest BCUT2D eigenvalue weighted by molar-refractivity contribution is -0.120. The number of carbonyl (C=O) groups excluding carboxylic acids is 1. The third-order valence-electron chi connectivity index (χ3n) is 3.66. The Morgan fingerprint density at radius 2 is 2.11 bits per heavy atom. The van der Waals surface area contributed by atoms with Gasteiger partial charge in [-0.2, -0.15) is 0 Å². The van der Waals surface area contributed by atoms with Crippen LogP contribution in [0.5, 0.6) is 0 Å². The standard InChI is InChI=1S/C15H21NO2/c1-3-18-11-15(2)10-14(17)16-13(15)9-12-7-5-4-6-8-12/h4-8,13H,3,9-11H2,1-2H3,(H,16,17). The zero-order valence-electron chi connectivity index (χ0n) is 11.1. The average molecular weight is 247 g/mol. The van der Waals surface area contributed by atoms with Crippen molar-refractivity contribution >= 4 is 5.91 Å². The van der Waals surface area contributed by atoms with Crippen molar-refractivity contribution in [2.24, 2.45) is 5.41 Å². The van der Waals surface area contributed by atoms with E-state index in [-0.39, 0.29) is 17.4 Å². The monoisotopic (exact) mass is 247 g/mol. The number of hydrogen-bond acceptors (Lipinski definition) is 2. The van der Waals surface area contributed by atoms with Gasteiger partial charge in [-0.1, -0.05) is 37.3 Å². The van der Waals surface area contributed by atoms with Gasteiger partial charge in [0, 0.05) is 24.5 Å². The van der Waals surface area contributed by atoms with Gasteiger partial charge in [0.2, 0.25) is 5.91 Å². The van der Waals surface area contributed by atoms with E-state index in [0.717, 1.165) is 6.42 Å². The summed E-state index contributed by atoms with van der Waals surface area (Å²) in [6.07, 6.45) is 1.43. The van der Waals surface area contributed by atoms with E-state index in [1.807, 2.05) is 25.1 Å². The number of ether oxygens (including phenoxy) is 1. The van der Waals surface area contributed by atoms with Crippen LogP contribution in [0.4, 0.5) is 0 Å². The Kier molecular flexibility index (Phi) is 4.02. The number of rotatable bonds is 5. The highest BCUT2D eigenvalue weighted by molar-refractivity contribution is 5.80. The molecule has 0 bridgehead atoms. The molecule has 1 aliphatic rings.